The van der Waals surface area contributed by atoms with Crippen molar-refractivity contribution in [1.29, 1.82) is 0 Å². The SMILES string of the molecule is CCOc1nn(C)c2ccc(NC(=O)CCn3nccc3C)cc12. The summed E-state index contributed by atoms with van der Waals surface area (Å²) < 4.78 is 9.14. The summed E-state index contributed by atoms with van der Waals surface area (Å²) in [5.41, 5.74) is 2.74. The van der Waals surface area contributed by atoms with Gasteiger partial charge in [0.05, 0.1) is 17.5 Å². The molecular weight excluding hydrogens is 306 g/mol. The lowest BCUT2D eigenvalue weighted by Crippen LogP contribution is -2.15. The van der Waals surface area contributed by atoms with E-state index in [-0.39, 0.29) is 5.91 Å². The number of carbonyl (C=O) groups excluding carboxylic acids is 1. The van der Waals surface area contributed by atoms with Gasteiger partial charge in [0.25, 0.3) is 0 Å². The molecule has 0 atom stereocenters. The average molecular weight is 327 g/mol. The first-order chi connectivity index (χ1) is 11.6. The highest BCUT2D eigenvalue weighted by Gasteiger charge is 2.11. The molecule has 0 aliphatic carbocycles. The largest absolute Gasteiger partial charge is 0.476 e. The average Bonchev–Trinajstić information content (AvgIpc) is 3.10. The Kier molecular flexibility index (Phi) is 4.50. The first-order valence-electron chi connectivity index (χ1n) is 7.96. The first kappa shape index (κ1) is 16.0. The second kappa shape index (κ2) is 6.74. The van der Waals surface area contributed by atoms with E-state index >= 15 is 0 Å². The topological polar surface area (TPSA) is 74.0 Å². The van der Waals surface area contributed by atoms with Crippen LogP contribution in [0.2, 0.25) is 0 Å². The van der Waals surface area contributed by atoms with Crippen LogP contribution >= 0.6 is 0 Å². The molecular formula is C17H21N5O2. The lowest BCUT2D eigenvalue weighted by Gasteiger charge is -2.07. The van der Waals surface area contributed by atoms with Gasteiger partial charge in [0, 0.05) is 37.6 Å². The number of nitrogens with one attached hydrogen (secondary N) is 1. The zero-order valence-electron chi connectivity index (χ0n) is 14.1. The van der Waals surface area contributed by atoms with Gasteiger partial charge in [-0.25, -0.2) is 0 Å². The van der Waals surface area contributed by atoms with Gasteiger partial charge in [0.15, 0.2) is 0 Å². The number of carbonyl (C=O) groups is 1. The summed E-state index contributed by atoms with van der Waals surface area (Å²) in [6, 6.07) is 7.61. The molecule has 0 saturated carbocycles. The summed E-state index contributed by atoms with van der Waals surface area (Å²) in [5, 5.41) is 12.3. The highest BCUT2D eigenvalue weighted by atomic mass is 16.5. The molecule has 0 radical (unpaired) electrons. The molecule has 0 saturated heterocycles. The van der Waals surface area contributed by atoms with E-state index in [4.69, 9.17) is 4.74 Å². The lowest BCUT2D eigenvalue weighted by molar-refractivity contribution is -0.116. The van der Waals surface area contributed by atoms with Gasteiger partial charge in [-0.05, 0) is 38.1 Å². The molecule has 1 aromatic carbocycles. The first-order valence-corrected chi connectivity index (χ1v) is 7.96. The van der Waals surface area contributed by atoms with Crippen molar-refractivity contribution in [3.05, 3.63) is 36.2 Å². The van der Waals surface area contributed by atoms with Crippen LogP contribution in [-0.2, 0) is 18.4 Å². The fourth-order valence-electron chi connectivity index (χ4n) is 2.62. The van der Waals surface area contributed by atoms with E-state index in [0.29, 0.717) is 25.5 Å². The number of hydrogen-bond acceptors (Lipinski definition) is 4. The molecule has 3 aromatic rings. The number of hydrogen-bond donors (Lipinski definition) is 1. The van der Waals surface area contributed by atoms with Crippen molar-refractivity contribution >= 4 is 22.5 Å². The van der Waals surface area contributed by atoms with Crippen molar-refractivity contribution in [1.82, 2.24) is 19.6 Å². The fourth-order valence-corrected chi connectivity index (χ4v) is 2.62. The minimum atomic E-state index is -0.0499. The number of aryl methyl sites for hydroxylation is 3. The van der Waals surface area contributed by atoms with Crippen LogP contribution < -0.4 is 10.1 Å². The van der Waals surface area contributed by atoms with Gasteiger partial charge in [0.2, 0.25) is 11.8 Å². The number of ether oxygens (including phenoxy) is 1. The zero-order valence-corrected chi connectivity index (χ0v) is 14.1. The molecule has 7 nitrogen and oxygen atoms in total. The van der Waals surface area contributed by atoms with E-state index in [1.165, 1.54) is 0 Å². The molecule has 0 aliphatic heterocycles. The van der Waals surface area contributed by atoms with E-state index in [9.17, 15) is 4.79 Å². The molecule has 2 heterocycles. The van der Waals surface area contributed by atoms with E-state index in [1.807, 2.05) is 49.8 Å². The quantitative estimate of drug-likeness (QED) is 0.755. The van der Waals surface area contributed by atoms with Crippen molar-refractivity contribution < 1.29 is 9.53 Å². The summed E-state index contributed by atoms with van der Waals surface area (Å²) >= 11 is 0. The standard InChI is InChI=1S/C17H21N5O2/c1-4-24-17-14-11-13(5-6-15(14)21(3)20-17)19-16(23)8-10-22-12(2)7-9-18-22/h5-7,9,11H,4,8,10H2,1-3H3,(H,19,23). The van der Waals surface area contributed by atoms with Crippen molar-refractivity contribution in [2.24, 2.45) is 7.05 Å². The molecule has 0 aliphatic rings. The summed E-state index contributed by atoms with van der Waals surface area (Å²) in [7, 11) is 1.87. The van der Waals surface area contributed by atoms with Crippen LogP contribution in [0.1, 0.15) is 19.0 Å². The number of benzene rings is 1. The Bertz CT molecular complexity index is 865. The van der Waals surface area contributed by atoms with Crippen molar-refractivity contribution in [2.75, 3.05) is 11.9 Å². The van der Waals surface area contributed by atoms with Crippen LogP contribution in [0.15, 0.2) is 30.5 Å². The monoisotopic (exact) mass is 327 g/mol. The molecule has 0 fully saturated rings. The number of anilines is 1. The number of nitrogens with zero attached hydrogens (tertiary/aromatic N) is 4. The normalized spacial score (nSPS) is 11.0. The molecule has 126 valence electrons. The fraction of sp³-hybridized carbons (Fsp3) is 0.353. The zero-order chi connectivity index (χ0) is 17.1. The lowest BCUT2D eigenvalue weighted by atomic mass is 10.2. The van der Waals surface area contributed by atoms with E-state index in [2.05, 4.69) is 15.5 Å². The molecule has 24 heavy (non-hydrogen) atoms. The third kappa shape index (κ3) is 3.24. The predicted octanol–water partition coefficient (Wildman–Crippen LogP) is 2.51. The van der Waals surface area contributed by atoms with Gasteiger partial charge in [-0.3, -0.25) is 14.2 Å². The third-order valence-electron chi connectivity index (χ3n) is 3.86. The minimum Gasteiger partial charge on any atom is -0.476 e. The van der Waals surface area contributed by atoms with Gasteiger partial charge in [-0.15, -0.1) is 5.10 Å². The highest BCUT2D eigenvalue weighted by Crippen LogP contribution is 2.27. The van der Waals surface area contributed by atoms with Crippen LogP contribution in [0, 0.1) is 6.92 Å². The maximum Gasteiger partial charge on any atom is 0.240 e. The Balaban J connectivity index is 1.71. The van der Waals surface area contributed by atoms with Gasteiger partial charge in [0.1, 0.15) is 0 Å². The summed E-state index contributed by atoms with van der Waals surface area (Å²) in [6.07, 6.45) is 2.10. The second-order valence-corrected chi connectivity index (χ2v) is 5.59. The van der Waals surface area contributed by atoms with Crippen molar-refractivity contribution in [3.8, 4) is 5.88 Å². The van der Waals surface area contributed by atoms with Crippen molar-refractivity contribution in [2.45, 2.75) is 26.8 Å². The predicted molar refractivity (Wildman–Crippen MR) is 92.1 cm³/mol. The molecule has 2 aromatic heterocycles. The van der Waals surface area contributed by atoms with Gasteiger partial charge >= 0.3 is 0 Å². The second-order valence-electron chi connectivity index (χ2n) is 5.59. The minimum absolute atomic E-state index is 0.0499. The number of amides is 1. The van der Waals surface area contributed by atoms with Crippen LogP contribution in [0.25, 0.3) is 10.9 Å². The van der Waals surface area contributed by atoms with Gasteiger partial charge in [-0.2, -0.15) is 5.10 Å². The number of fused-ring (bicyclic) bond motifs is 1. The Morgan fingerprint density at radius 3 is 2.88 bits per heavy atom. The Hall–Kier alpha value is -2.83. The molecule has 1 amide bonds. The van der Waals surface area contributed by atoms with Crippen LogP contribution in [0.4, 0.5) is 5.69 Å². The Labute approximate surface area is 140 Å². The van der Waals surface area contributed by atoms with Crippen LogP contribution in [0.3, 0.4) is 0 Å². The number of rotatable bonds is 6. The summed E-state index contributed by atoms with van der Waals surface area (Å²) in [6.45, 7) is 5.00. The van der Waals surface area contributed by atoms with E-state index in [1.54, 1.807) is 10.9 Å². The third-order valence-corrected chi connectivity index (χ3v) is 3.86. The molecule has 3 rings (SSSR count). The van der Waals surface area contributed by atoms with Gasteiger partial charge < -0.3 is 10.1 Å². The Morgan fingerprint density at radius 2 is 2.17 bits per heavy atom. The maximum atomic E-state index is 12.2. The molecule has 1 N–H and O–H groups in total. The Morgan fingerprint density at radius 1 is 1.33 bits per heavy atom. The van der Waals surface area contributed by atoms with E-state index in [0.717, 1.165) is 22.3 Å². The van der Waals surface area contributed by atoms with Crippen LogP contribution in [0.5, 0.6) is 5.88 Å². The smallest absolute Gasteiger partial charge is 0.240 e. The molecule has 0 spiro atoms. The maximum absolute atomic E-state index is 12.2. The summed E-state index contributed by atoms with van der Waals surface area (Å²) in [5.74, 6) is 0.532. The highest BCUT2D eigenvalue weighted by molar-refractivity contribution is 5.95. The van der Waals surface area contributed by atoms with Crippen molar-refractivity contribution in [3.63, 3.8) is 0 Å². The summed E-state index contributed by atoms with van der Waals surface area (Å²) in [4.78, 5) is 12.2. The van der Waals surface area contributed by atoms with Gasteiger partial charge in [-0.1, -0.05) is 0 Å². The molecule has 7 heteroatoms. The molecule has 0 unspecified atom stereocenters. The molecule has 0 bridgehead atoms. The van der Waals surface area contributed by atoms with E-state index < -0.39 is 0 Å². The number of aromatic nitrogens is 4. The van der Waals surface area contributed by atoms with Crippen LogP contribution in [-0.4, -0.2) is 32.1 Å².